The van der Waals surface area contributed by atoms with Crippen LogP contribution in [0.25, 0.3) is 10.9 Å². The van der Waals surface area contributed by atoms with E-state index in [9.17, 15) is 0 Å². The summed E-state index contributed by atoms with van der Waals surface area (Å²) in [5, 5.41) is 6.81. The number of fused-ring (bicyclic) bond motifs is 1. The lowest BCUT2D eigenvalue weighted by atomic mass is 9.99. The summed E-state index contributed by atoms with van der Waals surface area (Å²) in [6.45, 7) is 2.17. The Morgan fingerprint density at radius 3 is 2.74 bits per heavy atom. The number of hydrogen-bond donors (Lipinski definition) is 1. The van der Waals surface area contributed by atoms with Crippen molar-refractivity contribution in [2.75, 3.05) is 7.05 Å². The third-order valence-corrected chi connectivity index (χ3v) is 4.53. The van der Waals surface area contributed by atoms with Gasteiger partial charge in [-0.25, -0.2) is 0 Å². The minimum absolute atomic E-state index is 0.230. The van der Waals surface area contributed by atoms with E-state index in [0.717, 1.165) is 5.52 Å². The van der Waals surface area contributed by atoms with Gasteiger partial charge in [-0.15, -0.1) is 11.3 Å². The first-order valence-corrected chi connectivity index (χ1v) is 7.24. The number of nitrogens with zero attached hydrogens (tertiary/aromatic N) is 1. The molecule has 1 aromatic carbocycles. The van der Waals surface area contributed by atoms with Crippen LogP contribution in [0.1, 0.15) is 22.0 Å². The Morgan fingerprint density at radius 2 is 2.00 bits per heavy atom. The van der Waals surface area contributed by atoms with Gasteiger partial charge in [0, 0.05) is 16.5 Å². The van der Waals surface area contributed by atoms with E-state index in [-0.39, 0.29) is 6.04 Å². The molecule has 0 aliphatic rings. The molecule has 0 aliphatic carbocycles. The summed E-state index contributed by atoms with van der Waals surface area (Å²) in [5.74, 6) is 0. The van der Waals surface area contributed by atoms with Gasteiger partial charge in [0.15, 0.2) is 0 Å². The minimum atomic E-state index is 0.230. The highest BCUT2D eigenvalue weighted by Crippen LogP contribution is 2.32. The summed E-state index contributed by atoms with van der Waals surface area (Å²) in [5.41, 5.74) is 3.68. The molecule has 0 fully saturated rings. The molecular weight excluding hydrogens is 252 g/mol. The number of hydrogen-bond acceptors (Lipinski definition) is 3. The van der Waals surface area contributed by atoms with Crippen molar-refractivity contribution in [3.05, 3.63) is 64.0 Å². The zero-order valence-electron chi connectivity index (χ0n) is 11.1. The van der Waals surface area contributed by atoms with Crippen molar-refractivity contribution in [1.82, 2.24) is 10.3 Å². The van der Waals surface area contributed by atoms with E-state index in [1.807, 2.05) is 19.3 Å². The summed E-state index contributed by atoms with van der Waals surface area (Å²) >= 11 is 1.80. The highest BCUT2D eigenvalue weighted by atomic mass is 32.1. The summed E-state index contributed by atoms with van der Waals surface area (Å²) in [6.07, 6.45) is 1.89. The third-order valence-electron chi connectivity index (χ3n) is 3.45. The van der Waals surface area contributed by atoms with Crippen LogP contribution in [-0.2, 0) is 0 Å². The predicted octanol–water partition coefficient (Wildman–Crippen LogP) is 3.91. The van der Waals surface area contributed by atoms with Gasteiger partial charge < -0.3 is 5.32 Å². The molecule has 0 saturated heterocycles. The Bertz CT molecular complexity index is 697. The number of thiophene rings is 1. The molecule has 96 valence electrons. The summed E-state index contributed by atoms with van der Waals surface area (Å²) in [6, 6.07) is 12.8. The van der Waals surface area contributed by atoms with E-state index in [2.05, 4.69) is 52.9 Å². The lowest BCUT2D eigenvalue weighted by Gasteiger charge is -2.18. The van der Waals surface area contributed by atoms with Crippen LogP contribution in [0.2, 0.25) is 0 Å². The monoisotopic (exact) mass is 268 g/mol. The summed E-state index contributed by atoms with van der Waals surface area (Å²) < 4.78 is 0. The maximum atomic E-state index is 4.44. The van der Waals surface area contributed by atoms with Crippen molar-refractivity contribution in [3.63, 3.8) is 0 Å². The number of para-hydroxylation sites is 1. The van der Waals surface area contributed by atoms with Gasteiger partial charge in [0.05, 0.1) is 11.6 Å². The fourth-order valence-electron chi connectivity index (χ4n) is 2.48. The summed E-state index contributed by atoms with van der Waals surface area (Å²) in [7, 11) is 2.01. The van der Waals surface area contributed by atoms with Crippen LogP contribution in [0.3, 0.4) is 0 Å². The zero-order chi connectivity index (χ0) is 13.2. The fourth-order valence-corrected chi connectivity index (χ4v) is 3.53. The Balaban J connectivity index is 2.20. The van der Waals surface area contributed by atoms with Gasteiger partial charge in [0.1, 0.15) is 0 Å². The molecule has 0 saturated carbocycles. The largest absolute Gasteiger partial charge is 0.309 e. The van der Waals surface area contributed by atoms with E-state index >= 15 is 0 Å². The third kappa shape index (κ3) is 2.15. The molecule has 2 nitrogen and oxygen atoms in total. The first-order chi connectivity index (χ1) is 9.31. The molecule has 0 aliphatic heterocycles. The number of rotatable bonds is 3. The van der Waals surface area contributed by atoms with E-state index in [1.165, 1.54) is 21.4 Å². The van der Waals surface area contributed by atoms with Crippen LogP contribution in [-0.4, -0.2) is 12.0 Å². The maximum Gasteiger partial charge on any atom is 0.0705 e. The molecule has 3 aromatic rings. The minimum Gasteiger partial charge on any atom is -0.309 e. The highest BCUT2D eigenvalue weighted by Gasteiger charge is 2.17. The van der Waals surface area contributed by atoms with Crippen LogP contribution in [0.5, 0.6) is 0 Å². The summed E-state index contributed by atoms with van der Waals surface area (Å²) in [4.78, 5) is 5.81. The van der Waals surface area contributed by atoms with E-state index in [4.69, 9.17) is 0 Å². The molecule has 0 bridgehead atoms. The van der Waals surface area contributed by atoms with Crippen molar-refractivity contribution in [1.29, 1.82) is 0 Å². The lowest BCUT2D eigenvalue weighted by Crippen LogP contribution is -2.17. The molecule has 2 aromatic heterocycles. The fraction of sp³-hybridized carbons (Fsp3) is 0.188. The lowest BCUT2D eigenvalue weighted by molar-refractivity contribution is 0.705. The van der Waals surface area contributed by atoms with E-state index in [0.29, 0.717) is 0 Å². The Hall–Kier alpha value is -1.71. The van der Waals surface area contributed by atoms with Crippen LogP contribution in [0.15, 0.2) is 48.0 Å². The van der Waals surface area contributed by atoms with Crippen molar-refractivity contribution in [2.45, 2.75) is 13.0 Å². The number of aryl methyl sites for hydroxylation is 1. The molecule has 0 amide bonds. The SMILES string of the molecule is CNC(c1sccc1C)c1ccnc2ccccc12. The number of pyridine rings is 1. The van der Waals surface area contributed by atoms with Gasteiger partial charge in [-0.05, 0) is 48.7 Å². The number of aromatic nitrogens is 1. The number of nitrogens with one attached hydrogen (secondary N) is 1. The second kappa shape index (κ2) is 5.11. The first-order valence-electron chi connectivity index (χ1n) is 6.36. The second-order valence-electron chi connectivity index (χ2n) is 4.61. The van der Waals surface area contributed by atoms with Gasteiger partial charge in [-0.1, -0.05) is 18.2 Å². The molecule has 19 heavy (non-hydrogen) atoms. The van der Waals surface area contributed by atoms with Crippen molar-refractivity contribution >= 4 is 22.2 Å². The van der Waals surface area contributed by atoms with Gasteiger partial charge in [0.2, 0.25) is 0 Å². The van der Waals surface area contributed by atoms with Crippen LogP contribution in [0, 0.1) is 6.92 Å². The van der Waals surface area contributed by atoms with Crippen molar-refractivity contribution < 1.29 is 0 Å². The maximum absolute atomic E-state index is 4.44. The zero-order valence-corrected chi connectivity index (χ0v) is 11.9. The standard InChI is InChI=1S/C16H16N2S/c1-11-8-10-19-16(11)15(17-2)13-7-9-18-14-6-4-3-5-12(13)14/h3-10,15,17H,1-2H3. The van der Waals surface area contributed by atoms with Gasteiger partial charge in [-0.2, -0.15) is 0 Å². The molecule has 1 N–H and O–H groups in total. The molecule has 2 heterocycles. The Morgan fingerprint density at radius 1 is 1.16 bits per heavy atom. The molecule has 3 rings (SSSR count). The van der Waals surface area contributed by atoms with E-state index in [1.54, 1.807) is 11.3 Å². The Labute approximate surface area is 117 Å². The number of benzene rings is 1. The highest BCUT2D eigenvalue weighted by molar-refractivity contribution is 7.10. The average molecular weight is 268 g/mol. The van der Waals surface area contributed by atoms with Crippen LogP contribution < -0.4 is 5.32 Å². The molecule has 0 spiro atoms. The smallest absolute Gasteiger partial charge is 0.0705 e. The molecule has 1 atom stereocenters. The van der Waals surface area contributed by atoms with Crippen LogP contribution >= 0.6 is 11.3 Å². The molecular formula is C16H16N2S. The molecule has 1 unspecified atom stereocenters. The topological polar surface area (TPSA) is 24.9 Å². The molecule has 0 radical (unpaired) electrons. The first kappa shape index (κ1) is 12.3. The van der Waals surface area contributed by atoms with Crippen molar-refractivity contribution in [2.24, 2.45) is 0 Å². The Kier molecular flexibility index (Phi) is 3.32. The van der Waals surface area contributed by atoms with Gasteiger partial charge in [-0.3, -0.25) is 4.98 Å². The quantitative estimate of drug-likeness (QED) is 0.779. The van der Waals surface area contributed by atoms with E-state index < -0.39 is 0 Å². The second-order valence-corrected chi connectivity index (χ2v) is 5.55. The van der Waals surface area contributed by atoms with Crippen molar-refractivity contribution in [3.8, 4) is 0 Å². The molecule has 3 heteroatoms. The predicted molar refractivity (Wildman–Crippen MR) is 81.7 cm³/mol. The average Bonchev–Trinajstić information content (AvgIpc) is 2.86. The normalized spacial score (nSPS) is 12.7. The van der Waals surface area contributed by atoms with Crippen LogP contribution in [0.4, 0.5) is 0 Å². The van der Waals surface area contributed by atoms with Gasteiger partial charge >= 0.3 is 0 Å². The van der Waals surface area contributed by atoms with Gasteiger partial charge in [0.25, 0.3) is 0 Å².